The van der Waals surface area contributed by atoms with Gasteiger partial charge in [0.05, 0.1) is 9.71 Å². The molecule has 0 saturated heterocycles. The van der Waals surface area contributed by atoms with Crippen molar-refractivity contribution in [3.63, 3.8) is 0 Å². The van der Waals surface area contributed by atoms with Crippen LogP contribution in [0.15, 0.2) is 83.7 Å². The van der Waals surface area contributed by atoms with Gasteiger partial charge in [-0.25, -0.2) is 9.67 Å². The highest BCUT2D eigenvalue weighted by atomic mass is 32.1. The van der Waals surface area contributed by atoms with Crippen molar-refractivity contribution >= 4 is 21.6 Å². The van der Waals surface area contributed by atoms with E-state index in [0.717, 1.165) is 37.7 Å². The first kappa shape index (κ1) is 20.3. The summed E-state index contributed by atoms with van der Waals surface area (Å²) in [6, 6.07) is 26.1. The summed E-state index contributed by atoms with van der Waals surface area (Å²) < 4.78 is 2.46. The van der Waals surface area contributed by atoms with Crippen molar-refractivity contribution in [2.75, 3.05) is 0 Å². The van der Waals surface area contributed by atoms with Crippen molar-refractivity contribution in [3.8, 4) is 11.3 Å². The molecule has 3 aromatic carbocycles. The molecule has 5 aromatic rings. The molecule has 0 unspecified atom stereocenters. The third kappa shape index (κ3) is 3.55. The average Bonchev–Trinajstić information content (AvgIpc) is 3.20. The molecule has 0 atom stereocenters. The van der Waals surface area contributed by atoms with Gasteiger partial charge in [-0.1, -0.05) is 84.4 Å². The second kappa shape index (κ2) is 8.17. The molecular formula is C27H23N3OS. The summed E-state index contributed by atoms with van der Waals surface area (Å²) >= 11 is 1.53. The van der Waals surface area contributed by atoms with Crippen LogP contribution in [0.1, 0.15) is 33.3 Å². The first-order valence-corrected chi connectivity index (χ1v) is 11.4. The molecular weight excluding hydrogens is 414 g/mol. The first-order chi connectivity index (χ1) is 15.5. The van der Waals surface area contributed by atoms with Gasteiger partial charge in [-0.3, -0.25) is 4.79 Å². The van der Waals surface area contributed by atoms with Gasteiger partial charge in [-0.05, 0) is 37.5 Å². The van der Waals surface area contributed by atoms with E-state index in [0.29, 0.717) is 5.52 Å². The van der Waals surface area contributed by atoms with Crippen LogP contribution in [0.4, 0.5) is 0 Å². The molecule has 0 saturated carbocycles. The van der Waals surface area contributed by atoms with E-state index in [1.54, 1.807) is 4.68 Å². The Hall–Kier alpha value is -3.57. The lowest BCUT2D eigenvalue weighted by molar-refractivity contribution is 0.567. The number of nitrogens with zero attached hydrogens (tertiary/aromatic N) is 3. The lowest BCUT2D eigenvalue weighted by atomic mass is 9.98. The van der Waals surface area contributed by atoms with Gasteiger partial charge in [-0.2, -0.15) is 5.10 Å². The Bertz CT molecular complexity index is 1430. The number of thiazole rings is 1. The molecule has 0 bridgehead atoms. The molecule has 0 N–H and O–H groups in total. The van der Waals surface area contributed by atoms with E-state index < -0.39 is 0 Å². The summed E-state index contributed by atoms with van der Waals surface area (Å²) in [5, 5.41) is 5.86. The van der Waals surface area contributed by atoms with Gasteiger partial charge >= 0.3 is 0 Å². The molecule has 0 spiro atoms. The van der Waals surface area contributed by atoms with Gasteiger partial charge in [0.2, 0.25) is 0 Å². The molecule has 32 heavy (non-hydrogen) atoms. The largest absolute Gasteiger partial charge is 0.295 e. The SMILES string of the molecule is Cc1ccc(-c2nn(C(c3ccccc3)c3ccccc3)c(=O)c3nc(C)sc23)c(C)c1. The second-order valence-corrected chi connectivity index (χ2v) is 9.25. The number of aryl methyl sites for hydroxylation is 3. The Kier molecular flexibility index (Phi) is 5.19. The van der Waals surface area contributed by atoms with Crippen LogP contribution in [0.25, 0.3) is 21.5 Å². The van der Waals surface area contributed by atoms with E-state index in [1.165, 1.54) is 16.9 Å². The molecule has 158 valence electrons. The molecule has 2 heterocycles. The number of fused-ring (bicyclic) bond motifs is 1. The fourth-order valence-corrected chi connectivity index (χ4v) is 5.12. The second-order valence-electron chi connectivity index (χ2n) is 8.05. The predicted molar refractivity (Wildman–Crippen MR) is 131 cm³/mol. The number of hydrogen-bond donors (Lipinski definition) is 0. The Labute approximate surface area is 190 Å². The molecule has 5 rings (SSSR count). The average molecular weight is 438 g/mol. The van der Waals surface area contributed by atoms with Crippen LogP contribution < -0.4 is 5.56 Å². The number of benzene rings is 3. The lowest BCUT2D eigenvalue weighted by Gasteiger charge is -2.21. The zero-order valence-electron chi connectivity index (χ0n) is 18.2. The Morgan fingerprint density at radius 3 is 2.06 bits per heavy atom. The minimum absolute atomic E-state index is 0.171. The van der Waals surface area contributed by atoms with Crippen LogP contribution in [-0.4, -0.2) is 14.8 Å². The van der Waals surface area contributed by atoms with Gasteiger partial charge < -0.3 is 0 Å². The molecule has 0 aliphatic heterocycles. The highest BCUT2D eigenvalue weighted by molar-refractivity contribution is 7.19. The highest BCUT2D eigenvalue weighted by Gasteiger charge is 2.24. The quantitative estimate of drug-likeness (QED) is 0.342. The monoisotopic (exact) mass is 437 g/mol. The maximum absolute atomic E-state index is 13.7. The highest BCUT2D eigenvalue weighted by Crippen LogP contribution is 2.33. The summed E-state index contributed by atoms with van der Waals surface area (Å²) in [4.78, 5) is 18.3. The number of aromatic nitrogens is 3. The third-order valence-corrected chi connectivity index (χ3v) is 6.66. The zero-order valence-corrected chi connectivity index (χ0v) is 19.1. The molecule has 0 aliphatic carbocycles. The van der Waals surface area contributed by atoms with Crippen molar-refractivity contribution in [1.82, 2.24) is 14.8 Å². The minimum atomic E-state index is -0.346. The van der Waals surface area contributed by atoms with Gasteiger partial charge in [0.25, 0.3) is 5.56 Å². The summed E-state index contributed by atoms with van der Waals surface area (Å²) in [6.45, 7) is 6.11. The van der Waals surface area contributed by atoms with E-state index >= 15 is 0 Å². The summed E-state index contributed by atoms with van der Waals surface area (Å²) in [7, 11) is 0. The smallest absolute Gasteiger partial charge is 0.265 e. The zero-order chi connectivity index (χ0) is 22.2. The molecule has 0 amide bonds. The first-order valence-electron chi connectivity index (χ1n) is 10.6. The van der Waals surface area contributed by atoms with Crippen molar-refractivity contribution in [1.29, 1.82) is 0 Å². The third-order valence-electron chi connectivity index (χ3n) is 5.68. The van der Waals surface area contributed by atoms with Gasteiger partial charge in [0, 0.05) is 5.56 Å². The molecule has 0 radical (unpaired) electrons. The normalized spacial score (nSPS) is 11.4. The molecule has 0 fully saturated rings. The van der Waals surface area contributed by atoms with E-state index in [4.69, 9.17) is 5.10 Å². The molecule has 2 aromatic heterocycles. The Balaban J connectivity index is 1.85. The Morgan fingerprint density at radius 2 is 1.47 bits per heavy atom. The topological polar surface area (TPSA) is 47.8 Å². The lowest BCUT2D eigenvalue weighted by Crippen LogP contribution is -2.29. The van der Waals surface area contributed by atoms with Gasteiger partial charge in [0.15, 0.2) is 5.52 Å². The van der Waals surface area contributed by atoms with Crippen LogP contribution >= 0.6 is 11.3 Å². The van der Waals surface area contributed by atoms with Crippen molar-refractivity contribution in [2.24, 2.45) is 0 Å². The predicted octanol–water partition coefficient (Wildman–Crippen LogP) is 6.08. The number of hydrogen-bond acceptors (Lipinski definition) is 4. The fraction of sp³-hybridized carbons (Fsp3) is 0.148. The fourth-order valence-electron chi connectivity index (χ4n) is 4.22. The van der Waals surface area contributed by atoms with Crippen molar-refractivity contribution in [2.45, 2.75) is 26.8 Å². The maximum Gasteiger partial charge on any atom is 0.295 e. The van der Waals surface area contributed by atoms with E-state index in [9.17, 15) is 4.79 Å². The van der Waals surface area contributed by atoms with E-state index in [-0.39, 0.29) is 11.6 Å². The minimum Gasteiger partial charge on any atom is -0.265 e. The molecule has 4 nitrogen and oxygen atoms in total. The summed E-state index contributed by atoms with van der Waals surface area (Å²) in [5.41, 5.74) is 6.48. The van der Waals surface area contributed by atoms with Crippen LogP contribution in [0.3, 0.4) is 0 Å². The molecule has 5 heteroatoms. The van der Waals surface area contributed by atoms with Crippen molar-refractivity contribution < 1.29 is 0 Å². The van der Waals surface area contributed by atoms with Crippen LogP contribution in [0.5, 0.6) is 0 Å². The Morgan fingerprint density at radius 1 is 0.844 bits per heavy atom. The molecule has 0 aliphatic rings. The standard InChI is InChI=1S/C27H23N3OS/c1-17-14-15-22(18(2)16-17)23-26-24(28-19(3)32-26)27(31)30(29-23)25(20-10-6-4-7-11-20)21-12-8-5-9-13-21/h4-16,25H,1-3H3. The van der Waals surface area contributed by atoms with Crippen molar-refractivity contribution in [3.05, 3.63) is 116 Å². The van der Waals surface area contributed by atoms with Crippen LogP contribution in [-0.2, 0) is 0 Å². The van der Waals surface area contributed by atoms with Gasteiger partial charge in [0.1, 0.15) is 11.7 Å². The van der Waals surface area contributed by atoms with Crippen LogP contribution in [0, 0.1) is 20.8 Å². The maximum atomic E-state index is 13.7. The van der Waals surface area contributed by atoms with Crippen LogP contribution in [0.2, 0.25) is 0 Å². The number of rotatable bonds is 4. The summed E-state index contributed by atoms with van der Waals surface area (Å²) in [6.07, 6.45) is 0. The van der Waals surface area contributed by atoms with Gasteiger partial charge in [-0.15, -0.1) is 11.3 Å². The summed E-state index contributed by atoms with van der Waals surface area (Å²) in [5.74, 6) is 0. The van der Waals surface area contributed by atoms with E-state index in [1.807, 2.05) is 67.6 Å². The van der Waals surface area contributed by atoms with E-state index in [2.05, 4.69) is 37.0 Å².